The van der Waals surface area contributed by atoms with E-state index < -0.39 is 22.8 Å². The fourth-order valence-electron chi connectivity index (χ4n) is 1.52. The number of carbonyl (C=O) groups is 2. The molecule has 0 atom stereocenters. The first-order chi connectivity index (χ1) is 13.1. The van der Waals surface area contributed by atoms with Crippen LogP contribution in [0.3, 0.4) is 0 Å². The van der Waals surface area contributed by atoms with Gasteiger partial charge in [0.25, 0.3) is 0 Å². The van der Waals surface area contributed by atoms with E-state index in [1.807, 2.05) is 13.8 Å². The lowest BCUT2D eigenvalue weighted by Crippen LogP contribution is -2.32. The molecule has 0 aromatic carbocycles. The van der Waals surface area contributed by atoms with Gasteiger partial charge in [-0.05, 0) is 25.7 Å². The molecule has 0 aliphatic heterocycles. The summed E-state index contributed by atoms with van der Waals surface area (Å²) in [6.45, 7) is 2.71. The maximum absolute atomic E-state index is 9.90. The first kappa shape index (κ1) is 31.4. The molecule has 0 aromatic heterocycles. The highest BCUT2D eigenvalue weighted by atomic mass is 16.4. The summed E-state index contributed by atoms with van der Waals surface area (Å²) < 4.78 is 0. The average Bonchev–Trinajstić information content (AvgIpc) is 2.70. The fourth-order valence-corrected chi connectivity index (χ4v) is 1.52. The molecule has 0 heterocycles. The number of rotatable bonds is 13. The fraction of sp³-hybridized carbons (Fsp3) is 0.889. The van der Waals surface area contributed by atoms with Crippen molar-refractivity contribution in [3.8, 4) is 0 Å². The van der Waals surface area contributed by atoms with Crippen molar-refractivity contribution < 1.29 is 50.4 Å². The van der Waals surface area contributed by atoms with Gasteiger partial charge < -0.3 is 40.9 Å². The van der Waals surface area contributed by atoms with Crippen molar-refractivity contribution in [3.05, 3.63) is 0 Å². The summed E-state index contributed by atoms with van der Waals surface area (Å²) in [4.78, 5) is 19.8. The highest BCUT2D eigenvalue weighted by Crippen LogP contribution is 2.18. The lowest BCUT2D eigenvalue weighted by atomic mass is 9.88. The Bertz CT molecular complexity index is 308. The van der Waals surface area contributed by atoms with Crippen LogP contribution in [0.4, 0.5) is 0 Å². The summed E-state index contributed by atoms with van der Waals surface area (Å²) in [5, 5.41) is 68.2. The van der Waals surface area contributed by atoms with Crippen LogP contribution in [-0.4, -0.2) is 92.4 Å². The van der Waals surface area contributed by atoms with Crippen molar-refractivity contribution in [2.45, 2.75) is 52.4 Å². The van der Waals surface area contributed by atoms with Gasteiger partial charge in [-0.25, -0.2) is 0 Å². The summed E-state index contributed by atoms with van der Waals surface area (Å²) in [5.41, 5.74) is -1.33. The SMILES string of the molecule is CCC(CO)(CO)CO.CCC(CO)(CO)CO.O=C(O)CCCCC(=O)O. The van der Waals surface area contributed by atoms with Crippen LogP contribution in [0.1, 0.15) is 52.4 Å². The van der Waals surface area contributed by atoms with Crippen molar-refractivity contribution in [2.24, 2.45) is 10.8 Å². The molecule has 0 bridgehead atoms. The Morgan fingerprint density at radius 1 is 0.571 bits per heavy atom. The molecule has 0 aromatic rings. The van der Waals surface area contributed by atoms with Crippen LogP contribution in [0, 0.1) is 10.8 Å². The van der Waals surface area contributed by atoms with E-state index in [-0.39, 0.29) is 52.5 Å². The Kier molecular flexibility index (Phi) is 21.3. The third-order valence-corrected chi connectivity index (χ3v) is 4.54. The summed E-state index contributed by atoms with van der Waals surface area (Å²) in [6.07, 6.45) is 2.21. The molecule has 0 aliphatic rings. The van der Waals surface area contributed by atoms with E-state index >= 15 is 0 Å². The van der Waals surface area contributed by atoms with Gasteiger partial charge in [0.15, 0.2) is 0 Å². The van der Waals surface area contributed by atoms with Gasteiger partial charge in [-0.3, -0.25) is 9.59 Å². The Balaban J connectivity index is -0.000000336. The molecule has 10 nitrogen and oxygen atoms in total. The van der Waals surface area contributed by atoms with E-state index in [1.165, 1.54) is 0 Å². The van der Waals surface area contributed by atoms with E-state index in [0.29, 0.717) is 25.7 Å². The predicted molar refractivity (Wildman–Crippen MR) is 102 cm³/mol. The van der Waals surface area contributed by atoms with Crippen LogP contribution in [0.15, 0.2) is 0 Å². The molecular formula is C18H38O10. The largest absolute Gasteiger partial charge is 0.481 e. The molecule has 0 rings (SSSR count). The van der Waals surface area contributed by atoms with Crippen molar-refractivity contribution in [1.82, 2.24) is 0 Å². The third kappa shape index (κ3) is 15.7. The number of hydrogen-bond donors (Lipinski definition) is 8. The summed E-state index contributed by atoms with van der Waals surface area (Å²) in [5.74, 6) is -1.74. The zero-order valence-corrected chi connectivity index (χ0v) is 16.9. The lowest BCUT2D eigenvalue weighted by molar-refractivity contribution is -0.139. The molecular weight excluding hydrogens is 376 g/mol. The summed E-state index contributed by atoms with van der Waals surface area (Å²) in [7, 11) is 0. The first-order valence-electron chi connectivity index (χ1n) is 9.20. The Hall–Kier alpha value is -1.30. The minimum Gasteiger partial charge on any atom is -0.481 e. The quantitative estimate of drug-likeness (QED) is 0.181. The molecule has 10 heteroatoms. The van der Waals surface area contributed by atoms with Gasteiger partial charge in [0, 0.05) is 23.7 Å². The topological polar surface area (TPSA) is 196 Å². The predicted octanol–water partition coefficient (Wildman–Crippen LogP) is -0.565. The van der Waals surface area contributed by atoms with E-state index in [4.69, 9.17) is 40.9 Å². The van der Waals surface area contributed by atoms with Crippen LogP contribution < -0.4 is 0 Å². The molecule has 28 heavy (non-hydrogen) atoms. The van der Waals surface area contributed by atoms with Crippen LogP contribution in [-0.2, 0) is 9.59 Å². The first-order valence-corrected chi connectivity index (χ1v) is 9.20. The molecule has 0 unspecified atom stereocenters. The molecule has 0 fully saturated rings. The Morgan fingerprint density at radius 2 is 0.786 bits per heavy atom. The van der Waals surface area contributed by atoms with Crippen molar-refractivity contribution in [3.63, 3.8) is 0 Å². The minimum absolute atomic E-state index is 0.0628. The smallest absolute Gasteiger partial charge is 0.303 e. The lowest BCUT2D eigenvalue weighted by Gasteiger charge is -2.24. The number of carboxylic acids is 2. The number of hydrogen-bond acceptors (Lipinski definition) is 8. The van der Waals surface area contributed by atoms with Gasteiger partial charge in [0.2, 0.25) is 0 Å². The van der Waals surface area contributed by atoms with Gasteiger partial charge in [0.05, 0.1) is 39.6 Å². The van der Waals surface area contributed by atoms with Crippen LogP contribution >= 0.6 is 0 Å². The molecule has 0 radical (unpaired) electrons. The van der Waals surface area contributed by atoms with Gasteiger partial charge in [0.1, 0.15) is 0 Å². The maximum atomic E-state index is 9.90. The molecule has 0 spiro atoms. The molecule has 0 amide bonds. The monoisotopic (exact) mass is 414 g/mol. The second-order valence-corrected chi connectivity index (χ2v) is 6.65. The Morgan fingerprint density at radius 3 is 0.857 bits per heavy atom. The number of carboxylic acid groups (broad SMARTS) is 2. The molecule has 170 valence electrons. The molecule has 8 N–H and O–H groups in total. The zero-order chi connectivity index (χ0) is 22.6. The van der Waals surface area contributed by atoms with Crippen molar-refractivity contribution >= 4 is 11.9 Å². The van der Waals surface area contributed by atoms with Crippen LogP contribution in [0.2, 0.25) is 0 Å². The number of aliphatic hydroxyl groups excluding tert-OH is 6. The van der Waals surface area contributed by atoms with E-state index in [2.05, 4.69) is 0 Å². The maximum Gasteiger partial charge on any atom is 0.303 e. The van der Waals surface area contributed by atoms with E-state index in [9.17, 15) is 9.59 Å². The highest BCUT2D eigenvalue weighted by Gasteiger charge is 2.25. The average molecular weight is 414 g/mol. The van der Waals surface area contributed by atoms with Gasteiger partial charge in [-0.15, -0.1) is 0 Å². The Labute approximate surface area is 166 Å². The van der Waals surface area contributed by atoms with E-state index in [0.717, 1.165) is 0 Å². The minimum atomic E-state index is -0.870. The van der Waals surface area contributed by atoms with E-state index in [1.54, 1.807) is 0 Å². The number of aliphatic carboxylic acids is 2. The van der Waals surface area contributed by atoms with Gasteiger partial charge >= 0.3 is 11.9 Å². The molecule has 0 saturated heterocycles. The highest BCUT2D eigenvalue weighted by molar-refractivity contribution is 5.67. The van der Waals surface area contributed by atoms with Crippen LogP contribution in [0.25, 0.3) is 0 Å². The number of unbranched alkanes of at least 4 members (excludes halogenated alkanes) is 1. The van der Waals surface area contributed by atoms with Crippen molar-refractivity contribution in [1.29, 1.82) is 0 Å². The summed E-state index contributed by atoms with van der Waals surface area (Å²) >= 11 is 0. The molecule has 0 saturated carbocycles. The summed E-state index contributed by atoms with van der Waals surface area (Å²) in [6, 6.07) is 0. The number of aliphatic hydroxyl groups is 6. The second kappa shape index (κ2) is 19.0. The molecule has 0 aliphatic carbocycles. The van der Waals surface area contributed by atoms with Gasteiger partial charge in [-0.1, -0.05) is 13.8 Å². The van der Waals surface area contributed by atoms with Crippen molar-refractivity contribution in [2.75, 3.05) is 39.6 Å². The third-order valence-electron chi connectivity index (χ3n) is 4.54. The van der Waals surface area contributed by atoms with Crippen LogP contribution in [0.5, 0.6) is 0 Å². The second-order valence-electron chi connectivity index (χ2n) is 6.65. The normalized spacial score (nSPS) is 11.0. The standard InChI is InChI=1S/C6H10O4.2C6H14O3/c7-5(8)3-1-2-4-6(9)10;2*1-2-6(3-7,4-8)5-9/h1-4H2,(H,7,8)(H,9,10);2*7-9H,2-5H2,1H3. The zero-order valence-electron chi connectivity index (χ0n) is 16.9. The van der Waals surface area contributed by atoms with Gasteiger partial charge in [-0.2, -0.15) is 0 Å².